The molecule has 1 aromatic rings. The van der Waals surface area contributed by atoms with Crippen molar-refractivity contribution in [3.8, 4) is 0 Å². The number of benzene rings is 1. The average molecular weight is 312 g/mol. The van der Waals surface area contributed by atoms with Crippen LogP contribution in [-0.4, -0.2) is 24.0 Å². The van der Waals surface area contributed by atoms with Crippen LogP contribution in [0.4, 0.5) is 4.39 Å². The summed E-state index contributed by atoms with van der Waals surface area (Å²) in [7, 11) is 0. The topological polar surface area (TPSA) is 55.4 Å². The molecule has 1 N–H and O–H groups in total. The molecule has 4 nitrogen and oxygen atoms in total. The summed E-state index contributed by atoms with van der Waals surface area (Å²) in [5, 5.41) is 2.72. The first-order chi connectivity index (χ1) is 9.95. The summed E-state index contributed by atoms with van der Waals surface area (Å²) >= 11 is 5.63. The molecule has 0 heterocycles. The molecule has 112 valence electrons. The Bertz CT molecular complexity index is 584. The van der Waals surface area contributed by atoms with Crippen LogP contribution in [0.15, 0.2) is 24.3 Å². The van der Waals surface area contributed by atoms with Crippen LogP contribution in [0.3, 0.4) is 0 Å². The normalized spacial score (nSPS) is 15.8. The molecule has 6 heteroatoms. The Morgan fingerprint density at radius 1 is 1.48 bits per heavy atom. The molecule has 21 heavy (non-hydrogen) atoms. The Hall–Kier alpha value is -1.88. The SMILES string of the molecule is C[C@@H](OC(=O)/C=C/c1ccc(F)c(Cl)c1)C(=O)NC1CC1. The van der Waals surface area contributed by atoms with E-state index in [2.05, 4.69) is 5.32 Å². The number of hydrogen-bond acceptors (Lipinski definition) is 3. The summed E-state index contributed by atoms with van der Waals surface area (Å²) in [5.41, 5.74) is 0.563. The minimum Gasteiger partial charge on any atom is -0.449 e. The zero-order valence-electron chi connectivity index (χ0n) is 11.4. The predicted octanol–water partition coefficient (Wildman–Crippen LogP) is 2.70. The largest absolute Gasteiger partial charge is 0.449 e. The zero-order valence-corrected chi connectivity index (χ0v) is 12.2. The van der Waals surface area contributed by atoms with Crippen molar-refractivity contribution in [1.29, 1.82) is 0 Å². The van der Waals surface area contributed by atoms with Crippen LogP contribution in [-0.2, 0) is 14.3 Å². The van der Waals surface area contributed by atoms with Crippen molar-refractivity contribution in [3.05, 3.63) is 40.7 Å². The second-order valence-corrected chi connectivity index (χ2v) is 5.28. The number of carbonyl (C=O) groups excluding carboxylic acids is 2. The number of hydrogen-bond donors (Lipinski definition) is 1. The summed E-state index contributed by atoms with van der Waals surface area (Å²) in [6, 6.07) is 4.30. The molecule has 1 amide bonds. The predicted molar refractivity (Wildman–Crippen MR) is 77.2 cm³/mol. The molecule has 0 aromatic heterocycles. The molecule has 1 aliphatic carbocycles. The molecule has 2 rings (SSSR count). The van der Waals surface area contributed by atoms with Gasteiger partial charge in [-0.25, -0.2) is 9.18 Å². The van der Waals surface area contributed by atoms with Gasteiger partial charge in [-0.2, -0.15) is 0 Å². The van der Waals surface area contributed by atoms with E-state index >= 15 is 0 Å². The summed E-state index contributed by atoms with van der Waals surface area (Å²) in [6.45, 7) is 1.51. The second kappa shape index (κ2) is 6.72. The van der Waals surface area contributed by atoms with Crippen LogP contribution in [0.2, 0.25) is 5.02 Å². The van der Waals surface area contributed by atoms with Crippen molar-refractivity contribution in [2.45, 2.75) is 31.9 Å². The van der Waals surface area contributed by atoms with Gasteiger partial charge in [0.25, 0.3) is 5.91 Å². The molecule has 1 saturated carbocycles. The van der Waals surface area contributed by atoms with Crippen molar-refractivity contribution < 1.29 is 18.7 Å². The van der Waals surface area contributed by atoms with Gasteiger partial charge in [0, 0.05) is 12.1 Å². The minimum absolute atomic E-state index is 0.0253. The lowest BCUT2D eigenvalue weighted by molar-refractivity contribution is -0.150. The highest BCUT2D eigenvalue weighted by molar-refractivity contribution is 6.30. The number of amides is 1. The van der Waals surface area contributed by atoms with Gasteiger partial charge in [0.05, 0.1) is 5.02 Å². The van der Waals surface area contributed by atoms with E-state index in [-0.39, 0.29) is 17.0 Å². The maximum Gasteiger partial charge on any atom is 0.331 e. The van der Waals surface area contributed by atoms with Gasteiger partial charge >= 0.3 is 5.97 Å². The lowest BCUT2D eigenvalue weighted by atomic mass is 10.2. The smallest absolute Gasteiger partial charge is 0.331 e. The van der Waals surface area contributed by atoms with Crippen molar-refractivity contribution in [1.82, 2.24) is 5.32 Å². The van der Waals surface area contributed by atoms with Crippen molar-refractivity contribution in [3.63, 3.8) is 0 Å². The molecule has 1 aliphatic rings. The summed E-state index contributed by atoms with van der Waals surface area (Å²) in [4.78, 5) is 23.2. The molecule has 1 atom stereocenters. The van der Waals surface area contributed by atoms with Gasteiger partial charge in [-0.1, -0.05) is 17.7 Å². The summed E-state index contributed by atoms with van der Waals surface area (Å²) in [5.74, 6) is -1.47. The molecule has 0 spiro atoms. The molecule has 0 saturated heterocycles. The van der Waals surface area contributed by atoms with Gasteiger partial charge in [0.2, 0.25) is 0 Å². The van der Waals surface area contributed by atoms with Crippen molar-refractivity contribution in [2.75, 3.05) is 0 Å². The first-order valence-corrected chi connectivity index (χ1v) is 6.97. The lowest BCUT2D eigenvalue weighted by Crippen LogP contribution is -2.36. The third kappa shape index (κ3) is 4.86. The fourth-order valence-electron chi connectivity index (χ4n) is 1.59. The first-order valence-electron chi connectivity index (χ1n) is 6.60. The highest BCUT2D eigenvalue weighted by Crippen LogP contribution is 2.19. The Morgan fingerprint density at radius 2 is 2.19 bits per heavy atom. The standard InChI is InChI=1S/C15H15ClFNO3/c1-9(15(20)18-11-4-5-11)21-14(19)7-3-10-2-6-13(17)12(16)8-10/h2-3,6-9,11H,4-5H2,1H3,(H,18,20)/b7-3+/t9-/m1/s1. The van der Waals surface area contributed by atoms with Crippen LogP contribution in [0.5, 0.6) is 0 Å². The molecular weight excluding hydrogens is 297 g/mol. The van der Waals surface area contributed by atoms with E-state index in [4.69, 9.17) is 16.3 Å². The number of rotatable bonds is 5. The maximum atomic E-state index is 13.0. The van der Waals surface area contributed by atoms with Gasteiger partial charge in [-0.15, -0.1) is 0 Å². The number of esters is 1. The fourth-order valence-corrected chi connectivity index (χ4v) is 1.78. The van der Waals surface area contributed by atoms with Crippen molar-refractivity contribution in [2.24, 2.45) is 0 Å². The Kier molecular flexibility index (Phi) is 4.96. The van der Waals surface area contributed by atoms with Crippen LogP contribution < -0.4 is 5.32 Å². The highest BCUT2D eigenvalue weighted by Gasteiger charge is 2.26. The summed E-state index contributed by atoms with van der Waals surface area (Å²) in [6.07, 6.45) is 3.71. The van der Waals surface area contributed by atoms with E-state index in [1.54, 1.807) is 0 Å². The third-order valence-corrected chi connectivity index (χ3v) is 3.23. The average Bonchev–Trinajstić information content (AvgIpc) is 3.24. The number of carbonyl (C=O) groups is 2. The summed E-state index contributed by atoms with van der Waals surface area (Å²) < 4.78 is 17.9. The third-order valence-electron chi connectivity index (χ3n) is 2.94. The van der Waals surface area contributed by atoms with Gasteiger partial charge in [-0.3, -0.25) is 4.79 Å². The number of nitrogens with one attached hydrogen (secondary N) is 1. The molecule has 0 bridgehead atoms. The van der Waals surface area contributed by atoms with Gasteiger partial charge in [-0.05, 0) is 43.5 Å². The maximum absolute atomic E-state index is 13.0. The van der Waals surface area contributed by atoms with Gasteiger partial charge in [0.1, 0.15) is 5.82 Å². The van der Waals surface area contributed by atoms with E-state index in [9.17, 15) is 14.0 Å². The van der Waals surface area contributed by atoms with Gasteiger partial charge < -0.3 is 10.1 Å². The Morgan fingerprint density at radius 3 is 2.81 bits per heavy atom. The van der Waals surface area contributed by atoms with E-state index in [0.29, 0.717) is 5.56 Å². The minimum atomic E-state index is -0.848. The highest BCUT2D eigenvalue weighted by atomic mass is 35.5. The monoisotopic (exact) mass is 311 g/mol. The van der Waals surface area contributed by atoms with E-state index in [0.717, 1.165) is 12.8 Å². The van der Waals surface area contributed by atoms with Crippen LogP contribution in [0.25, 0.3) is 6.08 Å². The van der Waals surface area contributed by atoms with Crippen LogP contribution in [0.1, 0.15) is 25.3 Å². The zero-order chi connectivity index (χ0) is 15.4. The number of halogens is 2. The Labute approximate surface area is 126 Å². The fraction of sp³-hybridized carbons (Fsp3) is 0.333. The molecule has 0 unspecified atom stereocenters. The second-order valence-electron chi connectivity index (χ2n) is 4.87. The number of ether oxygens (including phenoxy) is 1. The molecule has 1 fully saturated rings. The lowest BCUT2D eigenvalue weighted by Gasteiger charge is -2.11. The van der Waals surface area contributed by atoms with E-state index < -0.39 is 17.9 Å². The molecular formula is C15H15ClFNO3. The van der Waals surface area contributed by atoms with Crippen molar-refractivity contribution >= 4 is 29.6 Å². The molecule has 0 aliphatic heterocycles. The van der Waals surface area contributed by atoms with Crippen LogP contribution in [0, 0.1) is 5.82 Å². The Balaban J connectivity index is 1.86. The van der Waals surface area contributed by atoms with E-state index in [1.165, 1.54) is 37.3 Å². The quantitative estimate of drug-likeness (QED) is 0.672. The first kappa shape index (κ1) is 15.5. The van der Waals surface area contributed by atoms with E-state index in [1.807, 2.05) is 0 Å². The van der Waals surface area contributed by atoms with Gasteiger partial charge in [0.15, 0.2) is 6.10 Å². The van der Waals surface area contributed by atoms with Crippen LogP contribution >= 0.6 is 11.6 Å². The molecule has 1 aromatic carbocycles. The molecule has 0 radical (unpaired) electrons.